The number of amides is 2. The highest BCUT2D eigenvalue weighted by Gasteiger charge is 2.43. The van der Waals surface area contributed by atoms with Crippen LogP contribution in [0.1, 0.15) is 17.9 Å². The Labute approximate surface area is 159 Å². The van der Waals surface area contributed by atoms with Crippen LogP contribution in [0, 0.1) is 17.6 Å². The topological polar surface area (TPSA) is 77.9 Å². The van der Waals surface area contributed by atoms with E-state index in [1.54, 1.807) is 24.3 Å². The molecule has 2 unspecified atom stereocenters. The third-order valence-corrected chi connectivity index (χ3v) is 5.21. The molecule has 2 aromatic carbocycles. The lowest BCUT2D eigenvalue weighted by Crippen LogP contribution is -2.37. The molecule has 4 rings (SSSR count). The summed E-state index contributed by atoms with van der Waals surface area (Å²) in [6, 6.07) is 9.66. The molecule has 0 aromatic heterocycles. The average molecular weight is 386 g/mol. The molecule has 1 fully saturated rings. The molecule has 2 atom stereocenters. The number of rotatable bonds is 3. The minimum absolute atomic E-state index is 0.0108. The highest BCUT2D eigenvalue weighted by Crippen LogP contribution is 2.38. The summed E-state index contributed by atoms with van der Waals surface area (Å²) in [5.74, 6) is -5.05. The number of carboxylic acid groups (broad SMARTS) is 1. The second-order valence-electron chi connectivity index (χ2n) is 6.90. The van der Waals surface area contributed by atoms with E-state index >= 15 is 0 Å². The smallest absolute Gasteiger partial charge is 0.312 e. The first-order valence-electron chi connectivity index (χ1n) is 8.75. The number of carbonyl (C=O) groups excluding carboxylic acids is 2. The fourth-order valence-corrected chi connectivity index (χ4v) is 3.85. The van der Waals surface area contributed by atoms with E-state index < -0.39 is 35.3 Å². The van der Waals surface area contributed by atoms with Crippen molar-refractivity contribution in [1.82, 2.24) is 0 Å². The predicted molar refractivity (Wildman–Crippen MR) is 96.0 cm³/mol. The van der Waals surface area contributed by atoms with E-state index in [1.165, 1.54) is 11.0 Å². The third kappa shape index (κ3) is 2.90. The van der Waals surface area contributed by atoms with Crippen molar-refractivity contribution in [3.8, 4) is 0 Å². The highest BCUT2D eigenvalue weighted by molar-refractivity contribution is 6.06. The molecule has 0 radical (unpaired) electrons. The van der Waals surface area contributed by atoms with Gasteiger partial charge in [0.1, 0.15) is 17.6 Å². The number of hydrogen-bond acceptors (Lipinski definition) is 3. The Morgan fingerprint density at radius 2 is 1.79 bits per heavy atom. The Kier molecular flexibility index (Phi) is 4.33. The van der Waals surface area contributed by atoms with Crippen LogP contribution in [0.3, 0.4) is 0 Å². The number of aliphatic carboxylic acids is 1. The number of carboxylic acids is 1. The van der Waals surface area contributed by atoms with Crippen molar-refractivity contribution in [3.63, 3.8) is 0 Å². The summed E-state index contributed by atoms with van der Waals surface area (Å²) < 4.78 is 27.2. The van der Waals surface area contributed by atoms with E-state index in [2.05, 4.69) is 0 Å². The molecule has 0 bridgehead atoms. The maximum absolute atomic E-state index is 14.0. The van der Waals surface area contributed by atoms with Gasteiger partial charge in [-0.15, -0.1) is 0 Å². The van der Waals surface area contributed by atoms with Crippen molar-refractivity contribution in [3.05, 3.63) is 59.7 Å². The van der Waals surface area contributed by atoms with Crippen LogP contribution in [0.4, 0.5) is 20.2 Å². The Balaban J connectivity index is 1.58. The molecule has 28 heavy (non-hydrogen) atoms. The minimum Gasteiger partial charge on any atom is -0.481 e. The van der Waals surface area contributed by atoms with Crippen LogP contribution in [0.25, 0.3) is 0 Å². The van der Waals surface area contributed by atoms with Crippen molar-refractivity contribution in [2.24, 2.45) is 5.92 Å². The molecule has 1 N–H and O–H groups in total. The Morgan fingerprint density at radius 3 is 2.50 bits per heavy atom. The van der Waals surface area contributed by atoms with E-state index in [4.69, 9.17) is 0 Å². The summed E-state index contributed by atoms with van der Waals surface area (Å²) in [5.41, 5.74) is 0.986. The number of anilines is 2. The molecule has 2 aliphatic rings. The van der Waals surface area contributed by atoms with Crippen LogP contribution in [0.15, 0.2) is 42.5 Å². The van der Waals surface area contributed by atoms with Gasteiger partial charge in [0, 0.05) is 31.3 Å². The van der Waals surface area contributed by atoms with Crippen LogP contribution in [-0.4, -0.2) is 36.0 Å². The van der Waals surface area contributed by atoms with Gasteiger partial charge in [-0.3, -0.25) is 14.4 Å². The standard InChI is InChI=1S/C20H16F2N2O4/c21-12-5-6-17(15(22)8-12)23-9-11(7-18(23)25)19(26)24-10-14(20(27)28)13-3-1-2-4-16(13)24/h1-6,8,11,14H,7,9-10H2,(H,27,28). The number of fused-ring (bicyclic) bond motifs is 1. The summed E-state index contributed by atoms with van der Waals surface area (Å²) in [6.45, 7) is -0.0558. The van der Waals surface area contributed by atoms with Gasteiger partial charge >= 0.3 is 5.97 Å². The first-order chi connectivity index (χ1) is 13.4. The van der Waals surface area contributed by atoms with Gasteiger partial charge in [0.15, 0.2) is 0 Å². The van der Waals surface area contributed by atoms with Gasteiger partial charge in [-0.1, -0.05) is 18.2 Å². The fraction of sp³-hybridized carbons (Fsp3) is 0.250. The number of benzene rings is 2. The van der Waals surface area contributed by atoms with Crippen molar-refractivity contribution in [1.29, 1.82) is 0 Å². The van der Waals surface area contributed by atoms with Gasteiger partial charge in [0.05, 0.1) is 11.6 Å². The zero-order chi connectivity index (χ0) is 20.0. The van der Waals surface area contributed by atoms with Gasteiger partial charge in [0.25, 0.3) is 0 Å². The molecule has 2 aromatic rings. The van der Waals surface area contributed by atoms with Gasteiger partial charge in [-0.25, -0.2) is 8.78 Å². The third-order valence-electron chi connectivity index (χ3n) is 5.21. The number of hydrogen-bond donors (Lipinski definition) is 1. The van der Waals surface area contributed by atoms with E-state index in [1.807, 2.05) is 0 Å². The largest absolute Gasteiger partial charge is 0.481 e. The molecular formula is C20H16F2N2O4. The van der Waals surface area contributed by atoms with Gasteiger partial charge in [-0.2, -0.15) is 0 Å². The van der Waals surface area contributed by atoms with Crippen LogP contribution in [0.2, 0.25) is 0 Å². The van der Waals surface area contributed by atoms with Crippen molar-refractivity contribution < 1.29 is 28.3 Å². The predicted octanol–water partition coefficient (Wildman–Crippen LogP) is 2.53. The van der Waals surface area contributed by atoms with E-state index in [0.29, 0.717) is 17.3 Å². The highest BCUT2D eigenvalue weighted by atomic mass is 19.1. The van der Waals surface area contributed by atoms with E-state index in [0.717, 1.165) is 11.0 Å². The number of halogens is 2. The minimum atomic E-state index is -1.03. The monoisotopic (exact) mass is 386 g/mol. The van der Waals surface area contributed by atoms with Crippen molar-refractivity contribution in [2.45, 2.75) is 12.3 Å². The fourth-order valence-electron chi connectivity index (χ4n) is 3.85. The lowest BCUT2D eigenvalue weighted by atomic mass is 10.0. The van der Waals surface area contributed by atoms with Crippen LogP contribution in [-0.2, 0) is 14.4 Å². The molecule has 2 aliphatic heterocycles. The SMILES string of the molecule is O=C(O)C1CN(C(=O)C2CC(=O)N(c3ccc(F)cc3F)C2)c2ccccc21. The van der Waals surface area contributed by atoms with Crippen LogP contribution < -0.4 is 9.80 Å². The molecule has 0 spiro atoms. The van der Waals surface area contributed by atoms with Crippen molar-refractivity contribution >= 4 is 29.2 Å². The molecule has 2 amide bonds. The number of nitrogens with zero attached hydrogens (tertiary/aromatic N) is 2. The molecular weight excluding hydrogens is 370 g/mol. The molecule has 144 valence electrons. The summed E-state index contributed by atoms with van der Waals surface area (Å²) >= 11 is 0. The Morgan fingerprint density at radius 1 is 1.04 bits per heavy atom. The molecule has 2 heterocycles. The molecule has 6 nitrogen and oxygen atoms in total. The zero-order valence-electron chi connectivity index (χ0n) is 14.6. The molecule has 8 heteroatoms. The second-order valence-corrected chi connectivity index (χ2v) is 6.90. The lowest BCUT2D eigenvalue weighted by Gasteiger charge is -2.22. The maximum atomic E-state index is 14.0. The second kappa shape index (κ2) is 6.70. The Hall–Kier alpha value is -3.29. The summed E-state index contributed by atoms with van der Waals surface area (Å²) in [7, 11) is 0. The van der Waals surface area contributed by atoms with Crippen LogP contribution >= 0.6 is 0 Å². The van der Waals surface area contributed by atoms with E-state index in [9.17, 15) is 28.3 Å². The lowest BCUT2D eigenvalue weighted by molar-refractivity contribution is -0.138. The van der Waals surface area contributed by atoms with Gasteiger partial charge < -0.3 is 14.9 Å². The quantitative estimate of drug-likeness (QED) is 0.880. The number of carbonyl (C=O) groups is 3. The van der Waals surface area contributed by atoms with Crippen molar-refractivity contribution in [2.75, 3.05) is 22.9 Å². The first kappa shape index (κ1) is 18.1. The zero-order valence-corrected chi connectivity index (χ0v) is 14.6. The normalized spacial score (nSPS) is 21.1. The summed E-state index contributed by atoms with van der Waals surface area (Å²) in [4.78, 5) is 39.5. The molecule has 1 saturated heterocycles. The molecule has 0 aliphatic carbocycles. The number of para-hydroxylation sites is 1. The summed E-state index contributed by atoms with van der Waals surface area (Å²) in [6.07, 6.45) is -0.119. The van der Waals surface area contributed by atoms with Gasteiger partial charge in [-0.05, 0) is 23.8 Å². The van der Waals surface area contributed by atoms with Gasteiger partial charge in [0.2, 0.25) is 11.8 Å². The summed E-state index contributed by atoms with van der Waals surface area (Å²) in [5, 5.41) is 9.44. The average Bonchev–Trinajstić information content (AvgIpc) is 3.22. The van der Waals surface area contributed by atoms with E-state index in [-0.39, 0.29) is 31.1 Å². The maximum Gasteiger partial charge on any atom is 0.312 e. The first-order valence-corrected chi connectivity index (χ1v) is 8.75. The van der Waals surface area contributed by atoms with Crippen LogP contribution in [0.5, 0.6) is 0 Å². The Bertz CT molecular complexity index is 994. The molecule has 0 saturated carbocycles.